The molecule has 2 aromatic rings. The highest BCUT2D eigenvalue weighted by molar-refractivity contribution is 5.95. The van der Waals surface area contributed by atoms with Gasteiger partial charge in [0.1, 0.15) is 6.61 Å². The van der Waals surface area contributed by atoms with E-state index in [2.05, 4.69) is 10.6 Å². The van der Waals surface area contributed by atoms with E-state index < -0.39 is 24.0 Å². The minimum absolute atomic E-state index is 0.136. The molecule has 2 aliphatic rings. The van der Waals surface area contributed by atoms with Gasteiger partial charge in [-0.05, 0) is 36.6 Å². The third kappa shape index (κ3) is 5.68. The third-order valence-corrected chi connectivity index (χ3v) is 5.86. The van der Waals surface area contributed by atoms with E-state index in [1.54, 1.807) is 60.4 Å². The lowest BCUT2D eigenvalue weighted by Crippen LogP contribution is -2.47. The Bertz CT molecular complexity index is 1140. The summed E-state index contributed by atoms with van der Waals surface area (Å²) in [7, 11) is 0. The second-order valence-electron chi connectivity index (χ2n) is 8.25. The van der Waals surface area contributed by atoms with E-state index in [4.69, 9.17) is 9.47 Å². The zero-order valence-corrected chi connectivity index (χ0v) is 19.4. The fourth-order valence-electron chi connectivity index (χ4n) is 4.14. The van der Waals surface area contributed by atoms with Crippen molar-refractivity contribution in [1.29, 1.82) is 0 Å². The number of rotatable bonds is 8. The maximum atomic E-state index is 12.8. The van der Waals surface area contributed by atoms with Crippen LogP contribution in [-0.2, 0) is 25.6 Å². The maximum absolute atomic E-state index is 12.8. The quantitative estimate of drug-likeness (QED) is 0.565. The van der Waals surface area contributed by atoms with Crippen molar-refractivity contribution < 1.29 is 28.7 Å². The van der Waals surface area contributed by atoms with Crippen LogP contribution >= 0.6 is 0 Å². The molecule has 1 saturated heterocycles. The number of hydrogen-bond acceptors (Lipinski definition) is 6. The Balaban J connectivity index is 1.49. The van der Waals surface area contributed by atoms with E-state index in [0.717, 1.165) is 18.5 Å². The molecule has 0 bridgehead atoms. The first-order valence-electron chi connectivity index (χ1n) is 11.5. The summed E-state index contributed by atoms with van der Waals surface area (Å²) in [6, 6.07) is 14.6. The summed E-state index contributed by atoms with van der Waals surface area (Å²) >= 11 is 0. The van der Waals surface area contributed by atoms with Gasteiger partial charge >= 0.3 is 18.0 Å². The van der Waals surface area contributed by atoms with Gasteiger partial charge < -0.3 is 25.0 Å². The number of nitrogens with zero attached hydrogens (tertiary/aromatic N) is 1. The molecule has 2 heterocycles. The standard InChI is InChI=1S/C26H27N3O6/c1-2-34-25(32)22-20(27-26(33)28-23(22)18-7-4-3-5-8-18)16-35-24(31)19-12-10-17(11-13-19)15-29-14-6-9-21(29)30/h3-5,7-8,10-13,23H,2,6,9,14-16H2,1H3,(H2,27,28,33). The summed E-state index contributed by atoms with van der Waals surface area (Å²) in [4.78, 5) is 51.4. The Morgan fingerprint density at radius 1 is 1.00 bits per heavy atom. The number of esters is 2. The van der Waals surface area contributed by atoms with Crippen molar-refractivity contribution >= 4 is 23.9 Å². The first kappa shape index (κ1) is 24.0. The number of amides is 3. The van der Waals surface area contributed by atoms with E-state index in [0.29, 0.717) is 24.1 Å². The smallest absolute Gasteiger partial charge is 0.338 e. The van der Waals surface area contributed by atoms with Gasteiger partial charge in [-0.3, -0.25) is 4.79 Å². The summed E-state index contributed by atoms with van der Waals surface area (Å²) in [5.74, 6) is -1.08. The predicted molar refractivity (Wildman–Crippen MR) is 126 cm³/mol. The number of benzene rings is 2. The second-order valence-corrected chi connectivity index (χ2v) is 8.25. The third-order valence-electron chi connectivity index (χ3n) is 5.86. The van der Waals surface area contributed by atoms with Crippen LogP contribution in [0.1, 0.15) is 47.3 Å². The number of likely N-dealkylation sites (tertiary alicyclic amines) is 1. The van der Waals surface area contributed by atoms with E-state index in [-0.39, 0.29) is 30.4 Å². The minimum atomic E-state index is -0.745. The van der Waals surface area contributed by atoms with Crippen molar-refractivity contribution in [3.05, 3.63) is 82.6 Å². The Morgan fingerprint density at radius 3 is 2.40 bits per heavy atom. The Hall–Kier alpha value is -4.14. The molecule has 9 heteroatoms. The minimum Gasteiger partial charge on any atom is -0.463 e. The molecule has 1 unspecified atom stereocenters. The summed E-state index contributed by atoms with van der Waals surface area (Å²) in [5, 5.41) is 5.31. The predicted octanol–water partition coefficient (Wildman–Crippen LogP) is 2.84. The maximum Gasteiger partial charge on any atom is 0.338 e. The Labute approximate surface area is 203 Å². The van der Waals surface area contributed by atoms with Crippen LogP contribution < -0.4 is 10.6 Å². The molecule has 1 atom stereocenters. The first-order valence-corrected chi connectivity index (χ1v) is 11.5. The van der Waals surface area contributed by atoms with Crippen LogP contribution in [0.3, 0.4) is 0 Å². The van der Waals surface area contributed by atoms with Crippen molar-refractivity contribution in [2.24, 2.45) is 0 Å². The van der Waals surface area contributed by atoms with E-state index in [1.165, 1.54) is 0 Å². The van der Waals surface area contributed by atoms with Crippen molar-refractivity contribution in [1.82, 2.24) is 15.5 Å². The molecule has 0 saturated carbocycles. The summed E-state index contributed by atoms with van der Waals surface area (Å²) < 4.78 is 10.6. The zero-order valence-electron chi connectivity index (χ0n) is 19.4. The fourth-order valence-corrected chi connectivity index (χ4v) is 4.14. The lowest BCUT2D eigenvalue weighted by molar-refractivity contribution is -0.139. The fraction of sp³-hybridized carbons (Fsp3) is 0.308. The molecule has 2 aliphatic heterocycles. The van der Waals surface area contributed by atoms with E-state index in [1.807, 2.05) is 6.07 Å². The number of carbonyl (C=O) groups is 4. The highest BCUT2D eigenvalue weighted by Crippen LogP contribution is 2.28. The van der Waals surface area contributed by atoms with Crippen LogP contribution in [0, 0.1) is 0 Å². The van der Waals surface area contributed by atoms with Crippen LogP contribution in [0.15, 0.2) is 65.9 Å². The molecule has 182 valence electrons. The molecule has 3 amide bonds. The second kappa shape index (κ2) is 10.9. The highest BCUT2D eigenvalue weighted by atomic mass is 16.5. The van der Waals surface area contributed by atoms with Crippen LogP contribution in [0.2, 0.25) is 0 Å². The summed E-state index contributed by atoms with van der Waals surface area (Å²) in [5.41, 5.74) is 2.27. The average Bonchev–Trinajstić information content (AvgIpc) is 3.27. The van der Waals surface area contributed by atoms with Gasteiger partial charge in [-0.1, -0.05) is 42.5 Å². The van der Waals surface area contributed by atoms with Gasteiger partial charge in [0.2, 0.25) is 5.91 Å². The number of hydrogen-bond donors (Lipinski definition) is 2. The van der Waals surface area contributed by atoms with Crippen molar-refractivity contribution in [2.45, 2.75) is 32.4 Å². The molecule has 2 N–H and O–H groups in total. The average molecular weight is 478 g/mol. The van der Waals surface area contributed by atoms with Crippen LogP contribution in [0.25, 0.3) is 0 Å². The molecule has 2 aromatic carbocycles. The topological polar surface area (TPSA) is 114 Å². The van der Waals surface area contributed by atoms with Gasteiger partial charge in [0.15, 0.2) is 0 Å². The number of nitrogens with one attached hydrogen (secondary N) is 2. The molecule has 1 fully saturated rings. The molecule has 0 aliphatic carbocycles. The van der Waals surface area contributed by atoms with Crippen LogP contribution in [0.5, 0.6) is 0 Å². The van der Waals surface area contributed by atoms with Gasteiger partial charge in [0.05, 0.1) is 29.5 Å². The molecular weight excluding hydrogens is 450 g/mol. The van der Waals surface area contributed by atoms with Gasteiger partial charge in [-0.25, -0.2) is 14.4 Å². The van der Waals surface area contributed by atoms with E-state index >= 15 is 0 Å². The molecule has 0 aromatic heterocycles. The number of urea groups is 1. The van der Waals surface area contributed by atoms with Gasteiger partial charge in [-0.15, -0.1) is 0 Å². The largest absolute Gasteiger partial charge is 0.463 e. The zero-order chi connectivity index (χ0) is 24.8. The normalized spacial score (nSPS) is 17.6. The van der Waals surface area contributed by atoms with Gasteiger partial charge in [0, 0.05) is 19.5 Å². The molecule has 4 rings (SSSR count). The lowest BCUT2D eigenvalue weighted by atomic mass is 9.95. The van der Waals surface area contributed by atoms with Gasteiger partial charge in [0.25, 0.3) is 0 Å². The summed E-state index contributed by atoms with van der Waals surface area (Å²) in [6.07, 6.45) is 1.44. The van der Waals surface area contributed by atoms with Crippen molar-refractivity contribution in [3.8, 4) is 0 Å². The molecule has 35 heavy (non-hydrogen) atoms. The SMILES string of the molecule is CCOC(=O)C1=C(COC(=O)c2ccc(CN3CCCC3=O)cc2)NC(=O)NC1c1ccccc1. The van der Waals surface area contributed by atoms with Crippen molar-refractivity contribution in [3.63, 3.8) is 0 Å². The first-order chi connectivity index (χ1) is 17.0. The number of ether oxygens (including phenoxy) is 2. The highest BCUT2D eigenvalue weighted by Gasteiger charge is 2.34. The van der Waals surface area contributed by atoms with Crippen LogP contribution in [0.4, 0.5) is 4.79 Å². The molecular formula is C26H27N3O6. The Morgan fingerprint density at radius 2 is 1.74 bits per heavy atom. The molecule has 9 nitrogen and oxygen atoms in total. The molecule has 0 spiro atoms. The lowest BCUT2D eigenvalue weighted by Gasteiger charge is -2.29. The van der Waals surface area contributed by atoms with Crippen molar-refractivity contribution in [2.75, 3.05) is 19.8 Å². The number of carbonyl (C=O) groups excluding carboxylic acids is 4. The van der Waals surface area contributed by atoms with Gasteiger partial charge in [-0.2, -0.15) is 0 Å². The van der Waals surface area contributed by atoms with Crippen LogP contribution in [-0.4, -0.2) is 48.5 Å². The monoisotopic (exact) mass is 477 g/mol. The molecule has 0 radical (unpaired) electrons. The van der Waals surface area contributed by atoms with E-state index in [9.17, 15) is 19.2 Å². The Kier molecular flexibility index (Phi) is 7.45. The summed E-state index contributed by atoms with van der Waals surface area (Å²) in [6.45, 7) is 2.77.